The van der Waals surface area contributed by atoms with E-state index in [1.54, 1.807) is 29.0 Å². The molecule has 1 amide bonds. The zero-order valence-corrected chi connectivity index (χ0v) is 20.3. The molecule has 3 heterocycles. The van der Waals surface area contributed by atoms with Crippen LogP contribution in [0.5, 0.6) is 0 Å². The summed E-state index contributed by atoms with van der Waals surface area (Å²) in [4.78, 5) is 35.5. The number of fused-ring (bicyclic) bond motifs is 2. The summed E-state index contributed by atoms with van der Waals surface area (Å²) in [6, 6.07) is 14.3. The number of benzene rings is 1. The minimum Gasteiger partial charge on any atom is -0.379 e. The van der Waals surface area contributed by atoms with Crippen molar-refractivity contribution in [1.29, 1.82) is 5.26 Å². The number of aryl methyl sites for hydroxylation is 3. The highest BCUT2D eigenvalue weighted by atomic mass is 16.5. The number of amides is 1. The zero-order chi connectivity index (χ0) is 25.1. The van der Waals surface area contributed by atoms with Crippen molar-refractivity contribution in [2.75, 3.05) is 6.61 Å². The molecule has 8 nitrogen and oxygen atoms in total. The topological polar surface area (TPSA) is 102 Å². The van der Waals surface area contributed by atoms with Crippen LogP contribution in [-0.4, -0.2) is 32.6 Å². The summed E-state index contributed by atoms with van der Waals surface area (Å²) >= 11 is 0. The van der Waals surface area contributed by atoms with Gasteiger partial charge >= 0.3 is 0 Å². The van der Waals surface area contributed by atoms with Crippen LogP contribution in [0.4, 0.5) is 0 Å². The van der Waals surface area contributed by atoms with Gasteiger partial charge in [0.15, 0.2) is 5.49 Å². The summed E-state index contributed by atoms with van der Waals surface area (Å²) in [6.07, 6.45) is 2.32. The Kier molecular flexibility index (Phi) is 6.90. The molecule has 178 valence electrons. The van der Waals surface area contributed by atoms with Gasteiger partial charge in [0.1, 0.15) is 17.4 Å². The van der Waals surface area contributed by atoms with Crippen LogP contribution in [-0.2, 0) is 11.3 Å². The second-order valence-electron chi connectivity index (χ2n) is 8.74. The van der Waals surface area contributed by atoms with Crippen LogP contribution in [0.25, 0.3) is 16.7 Å². The van der Waals surface area contributed by atoms with Crippen molar-refractivity contribution in [3.63, 3.8) is 0 Å². The second-order valence-corrected chi connectivity index (χ2v) is 8.74. The van der Waals surface area contributed by atoms with Gasteiger partial charge in [0.05, 0.1) is 17.1 Å². The van der Waals surface area contributed by atoms with Gasteiger partial charge in [0, 0.05) is 24.9 Å². The van der Waals surface area contributed by atoms with E-state index in [0.29, 0.717) is 36.4 Å². The number of pyridine rings is 2. The van der Waals surface area contributed by atoms with E-state index in [1.165, 1.54) is 10.5 Å². The molecule has 0 radical (unpaired) electrons. The maximum absolute atomic E-state index is 13.3. The van der Waals surface area contributed by atoms with Gasteiger partial charge in [0.2, 0.25) is 0 Å². The van der Waals surface area contributed by atoms with E-state index in [1.807, 2.05) is 45.9 Å². The molecule has 0 aliphatic heterocycles. The average Bonchev–Trinajstić information content (AvgIpc) is 2.83. The Bertz CT molecular complexity index is 1590. The molecule has 0 N–H and O–H groups in total. The summed E-state index contributed by atoms with van der Waals surface area (Å²) in [5.41, 5.74) is 3.19. The van der Waals surface area contributed by atoms with Gasteiger partial charge in [0.25, 0.3) is 11.5 Å². The lowest BCUT2D eigenvalue weighted by atomic mass is 10.1. The monoisotopic (exact) mass is 469 g/mol. The number of carbonyl (C=O) groups is 1. The fraction of sp³-hybridized carbons (Fsp3) is 0.296. The van der Waals surface area contributed by atoms with Crippen LogP contribution < -0.4 is 11.0 Å². The van der Waals surface area contributed by atoms with Crippen LogP contribution >= 0.6 is 0 Å². The zero-order valence-electron chi connectivity index (χ0n) is 20.3. The molecule has 0 fully saturated rings. The Labute approximate surface area is 202 Å². The van der Waals surface area contributed by atoms with Crippen LogP contribution in [0.15, 0.2) is 58.4 Å². The third kappa shape index (κ3) is 4.91. The van der Waals surface area contributed by atoms with Crippen LogP contribution in [0.3, 0.4) is 0 Å². The summed E-state index contributed by atoms with van der Waals surface area (Å²) in [5.74, 6) is -0.471. The summed E-state index contributed by atoms with van der Waals surface area (Å²) < 4.78 is 8.85. The molecule has 0 spiro atoms. The number of rotatable bonds is 6. The van der Waals surface area contributed by atoms with Crippen LogP contribution in [0, 0.1) is 25.2 Å². The molecule has 0 aliphatic carbocycles. The van der Waals surface area contributed by atoms with E-state index in [9.17, 15) is 14.9 Å². The fourth-order valence-electron chi connectivity index (χ4n) is 3.90. The Morgan fingerprint density at radius 3 is 2.60 bits per heavy atom. The van der Waals surface area contributed by atoms with Crippen molar-refractivity contribution in [3.8, 4) is 6.07 Å². The van der Waals surface area contributed by atoms with Crippen molar-refractivity contribution in [3.05, 3.63) is 86.8 Å². The predicted molar refractivity (Wildman–Crippen MR) is 133 cm³/mol. The van der Waals surface area contributed by atoms with E-state index in [0.717, 1.165) is 11.1 Å². The van der Waals surface area contributed by atoms with E-state index in [4.69, 9.17) is 9.72 Å². The smallest absolute Gasteiger partial charge is 0.278 e. The van der Waals surface area contributed by atoms with Crippen molar-refractivity contribution in [1.82, 2.24) is 14.0 Å². The van der Waals surface area contributed by atoms with E-state index < -0.39 is 5.91 Å². The Hall–Kier alpha value is -4.09. The molecule has 35 heavy (non-hydrogen) atoms. The van der Waals surface area contributed by atoms with Gasteiger partial charge < -0.3 is 9.30 Å². The first-order chi connectivity index (χ1) is 16.8. The third-order valence-corrected chi connectivity index (χ3v) is 5.71. The van der Waals surface area contributed by atoms with Crippen LogP contribution in [0.2, 0.25) is 0 Å². The molecule has 4 aromatic rings. The molecule has 0 unspecified atom stereocenters. The molecule has 0 atom stereocenters. The number of nitriles is 1. The maximum atomic E-state index is 13.3. The molecular weight excluding hydrogens is 442 g/mol. The molecule has 3 aromatic heterocycles. The summed E-state index contributed by atoms with van der Waals surface area (Å²) in [5, 5.41) is 10.2. The second kappa shape index (κ2) is 10.0. The van der Waals surface area contributed by atoms with Crippen LogP contribution in [0.1, 0.15) is 47.3 Å². The molecule has 8 heteroatoms. The highest BCUT2D eigenvalue weighted by Crippen LogP contribution is 2.14. The fourth-order valence-corrected chi connectivity index (χ4v) is 3.90. The number of hydrogen-bond donors (Lipinski definition) is 0. The SMILES string of the molecule is Cc1ccc(C(=O)N=c2c(C#N)cc3c(=O)n4cccc(C)c4nc3n2CCCOC(C)C)cc1. The quantitative estimate of drug-likeness (QED) is 0.317. The molecule has 0 bridgehead atoms. The summed E-state index contributed by atoms with van der Waals surface area (Å²) in [7, 11) is 0. The van der Waals surface area contributed by atoms with Crippen molar-refractivity contribution >= 4 is 22.6 Å². The average molecular weight is 470 g/mol. The van der Waals surface area contributed by atoms with Crippen molar-refractivity contribution < 1.29 is 9.53 Å². The predicted octanol–water partition coefficient (Wildman–Crippen LogP) is 3.69. The first-order valence-corrected chi connectivity index (χ1v) is 11.5. The lowest BCUT2D eigenvalue weighted by Gasteiger charge is -2.15. The number of hydrogen-bond acceptors (Lipinski definition) is 5. The molecule has 0 saturated carbocycles. The molecule has 0 aliphatic rings. The number of carbonyl (C=O) groups excluding carboxylic acids is 1. The van der Waals surface area contributed by atoms with Gasteiger partial charge in [-0.05, 0) is 63.9 Å². The Morgan fingerprint density at radius 1 is 1.17 bits per heavy atom. The Balaban J connectivity index is 2.00. The standard InChI is InChI=1S/C27H27N5O3/c1-17(2)35-14-6-13-31-24(30-26(33)20-10-8-18(3)9-11-20)21(16-28)15-22-25(31)29-23-19(4)7-5-12-32(23)27(22)34/h5,7-12,15,17H,6,13-14H2,1-4H3. The number of ether oxygens (including phenoxy) is 1. The van der Waals surface area contributed by atoms with Gasteiger partial charge in [-0.15, -0.1) is 0 Å². The van der Waals surface area contributed by atoms with E-state index in [-0.39, 0.29) is 28.1 Å². The van der Waals surface area contributed by atoms with E-state index in [2.05, 4.69) is 11.1 Å². The first kappa shape index (κ1) is 24.0. The first-order valence-electron chi connectivity index (χ1n) is 11.5. The van der Waals surface area contributed by atoms with Crippen molar-refractivity contribution in [2.24, 2.45) is 4.99 Å². The molecule has 4 rings (SSSR count). The van der Waals surface area contributed by atoms with Gasteiger partial charge in [-0.25, -0.2) is 4.98 Å². The minimum absolute atomic E-state index is 0.0730. The van der Waals surface area contributed by atoms with E-state index >= 15 is 0 Å². The number of aromatic nitrogens is 3. The third-order valence-electron chi connectivity index (χ3n) is 5.71. The van der Waals surface area contributed by atoms with Gasteiger partial charge in [-0.2, -0.15) is 10.3 Å². The molecular formula is C27H27N5O3. The maximum Gasteiger partial charge on any atom is 0.278 e. The highest BCUT2D eigenvalue weighted by molar-refractivity contribution is 5.95. The lowest BCUT2D eigenvalue weighted by Crippen LogP contribution is -2.30. The number of nitrogens with zero attached hydrogens (tertiary/aromatic N) is 5. The van der Waals surface area contributed by atoms with Gasteiger partial charge in [-0.3, -0.25) is 14.0 Å². The Morgan fingerprint density at radius 2 is 1.91 bits per heavy atom. The summed E-state index contributed by atoms with van der Waals surface area (Å²) in [6.45, 7) is 8.57. The van der Waals surface area contributed by atoms with Gasteiger partial charge in [-0.1, -0.05) is 23.8 Å². The highest BCUT2D eigenvalue weighted by Gasteiger charge is 2.16. The normalized spacial score (nSPS) is 11.9. The lowest BCUT2D eigenvalue weighted by molar-refractivity contribution is 0.0748. The molecule has 0 saturated heterocycles. The minimum atomic E-state index is -0.471. The molecule has 1 aromatic carbocycles. The largest absolute Gasteiger partial charge is 0.379 e. The van der Waals surface area contributed by atoms with Crippen molar-refractivity contribution in [2.45, 2.75) is 46.8 Å².